The van der Waals surface area contributed by atoms with E-state index in [0.717, 1.165) is 12.8 Å². The first-order chi connectivity index (χ1) is 13.4. The minimum Gasteiger partial charge on any atom is -0.497 e. The lowest BCUT2D eigenvalue weighted by Crippen LogP contribution is -2.43. The van der Waals surface area contributed by atoms with Crippen molar-refractivity contribution >= 4 is 21.7 Å². The molecule has 1 fully saturated rings. The lowest BCUT2D eigenvalue weighted by atomic mass is 10.2. The normalized spacial score (nSPS) is 14.8. The van der Waals surface area contributed by atoms with Crippen molar-refractivity contribution in [2.75, 3.05) is 13.7 Å². The molecule has 1 saturated carbocycles. The second-order valence-corrected chi connectivity index (χ2v) is 8.58. The van der Waals surface area contributed by atoms with E-state index in [1.807, 2.05) is 0 Å². The third kappa shape index (κ3) is 4.66. The molecule has 0 unspecified atom stereocenters. The largest absolute Gasteiger partial charge is 0.497 e. The number of hydrogen-bond acceptors (Lipinski definition) is 6. The smallest absolute Gasteiger partial charge is 0.309 e. The van der Waals surface area contributed by atoms with Crippen molar-refractivity contribution < 1.29 is 22.7 Å². The highest BCUT2D eigenvalue weighted by atomic mass is 32.2. The number of sulfone groups is 1. The number of amides is 2. The van der Waals surface area contributed by atoms with Crippen molar-refractivity contribution in [1.29, 1.82) is 0 Å². The van der Waals surface area contributed by atoms with Gasteiger partial charge in [-0.05, 0) is 48.7 Å². The van der Waals surface area contributed by atoms with Gasteiger partial charge in [-0.25, -0.2) is 8.42 Å². The summed E-state index contributed by atoms with van der Waals surface area (Å²) in [5.74, 6) is -1.08. The van der Waals surface area contributed by atoms with Crippen molar-refractivity contribution in [3.05, 3.63) is 54.4 Å². The molecule has 2 aromatic rings. The van der Waals surface area contributed by atoms with Crippen molar-refractivity contribution in [2.24, 2.45) is 0 Å². The molecule has 1 aromatic heterocycles. The second kappa shape index (κ2) is 8.39. The Morgan fingerprint density at radius 2 is 1.89 bits per heavy atom. The van der Waals surface area contributed by atoms with E-state index in [1.54, 1.807) is 24.3 Å². The Bertz CT molecular complexity index is 941. The summed E-state index contributed by atoms with van der Waals surface area (Å²) in [5, 5.41) is 3.91. The average molecular weight is 403 g/mol. The van der Waals surface area contributed by atoms with Gasteiger partial charge in [0.05, 0.1) is 12.0 Å². The zero-order chi connectivity index (χ0) is 20.1. The van der Waals surface area contributed by atoms with E-state index >= 15 is 0 Å². The molecule has 1 aliphatic rings. The van der Waals surface area contributed by atoms with Crippen molar-refractivity contribution in [3.63, 3.8) is 0 Å². The van der Waals surface area contributed by atoms with Gasteiger partial charge in [0, 0.05) is 25.0 Å². The SMILES string of the molecule is COc1ccc(S(=O)(=O)[C@@H](CNC(=O)C(=O)NC2CC2)c2cccnc2)cc1. The number of benzene rings is 1. The summed E-state index contributed by atoms with van der Waals surface area (Å²) in [6.45, 7) is -0.253. The molecule has 148 valence electrons. The highest BCUT2D eigenvalue weighted by Crippen LogP contribution is 2.29. The number of carbonyl (C=O) groups is 2. The number of nitrogens with one attached hydrogen (secondary N) is 2. The molecule has 8 nitrogen and oxygen atoms in total. The molecule has 0 radical (unpaired) electrons. The molecule has 1 heterocycles. The van der Waals surface area contributed by atoms with Gasteiger partial charge in [0.15, 0.2) is 9.84 Å². The monoisotopic (exact) mass is 403 g/mol. The Labute approximate surface area is 163 Å². The van der Waals surface area contributed by atoms with Crippen molar-refractivity contribution in [3.8, 4) is 5.75 Å². The summed E-state index contributed by atoms with van der Waals surface area (Å²) < 4.78 is 31.4. The minimum absolute atomic E-state index is 0.0374. The van der Waals surface area contributed by atoms with Crippen LogP contribution in [0.3, 0.4) is 0 Å². The average Bonchev–Trinajstić information content (AvgIpc) is 3.52. The highest BCUT2D eigenvalue weighted by molar-refractivity contribution is 7.91. The lowest BCUT2D eigenvalue weighted by molar-refractivity contribution is -0.139. The molecule has 1 atom stereocenters. The van der Waals surface area contributed by atoms with Crippen LogP contribution >= 0.6 is 0 Å². The zero-order valence-electron chi connectivity index (χ0n) is 15.3. The number of carbonyl (C=O) groups excluding carboxylic acids is 2. The van der Waals surface area contributed by atoms with E-state index in [9.17, 15) is 18.0 Å². The van der Waals surface area contributed by atoms with E-state index in [0.29, 0.717) is 11.3 Å². The van der Waals surface area contributed by atoms with Crippen LogP contribution in [-0.4, -0.2) is 44.9 Å². The molecule has 2 amide bonds. The number of methoxy groups -OCH3 is 1. The summed E-state index contributed by atoms with van der Waals surface area (Å²) >= 11 is 0. The molecule has 0 saturated heterocycles. The summed E-state index contributed by atoms with van der Waals surface area (Å²) in [5.41, 5.74) is 0.418. The van der Waals surface area contributed by atoms with Crippen LogP contribution in [0.1, 0.15) is 23.7 Å². The topological polar surface area (TPSA) is 114 Å². The van der Waals surface area contributed by atoms with Gasteiger partial charge in [-0.15, -0.1) is 0 Å². The van der Waals surface area contributed by atoms with Crippen LogP contribution < -0.4 is 15.4 Å². The van der Waals surface area contributed by atoms with Crippen LogP contribution in [0.4, 0.5) is 0 Å². The molecular formula is C19H21N3O5S. The molecule has 9 heteroatoms. The molecule has 2 N–H and O–H groups in total. The number of ether oxygens (including phenoxy) is 1. The molecule has 1 aromatic carbocycles. The Kier molecular flexibility index (Phi) is 5.93. The quantitative estimate of drug-likeness (QED) is 0.667. The molecule has 0 aliphatic heterocycles. The number of aromatic nitrogens is 1. The van der Waals surface area contributed by atoms with Crippen LogP contribution in [0.15, 0.2) is 53.7 Å². The van der Waals surface area contributed by atoms with Crippen LogP contribution in [0.5, 0.6) is 5.75 Å². The molecule has 0 spiro atoms. The van der Waals surface area contributed by atoms with Gasteiger partial charge in [-0.1, -0.05) is 6.07 Å². The van der Waals surface area contributed by atoms with Crippen molar-refractivity contribution in [2.45, 2.75) is 29.0 Å². The fourth-order valence-corrected chi connectivity index (χ4v) is 4.29. The Morgan fingerprint density at radius 1 is 1.18 bits per heavy atom. The van der Waals surface area contributed by atoms with Gasteiger partial charge in [-0.2, -0.15) is 0 Å². The summed E-state index contributed by atoms with van der Waals surface area (Å²) in [4.78, 5) is 27.9. The number of pyridine rings is 1. The number of nitrogens with zero attached hydrogens (tertiary/aromatic N) is 1. The maximum absolute atomic E-state index is 13.2. The van der Waals surface area contributed by atoms with Crippen LogP contribution in [-0.2, 0) is 19.4 Å². The van der Waals surface area contributed by atoms with Gasteiger partial charge in [0.2, 0.25) is 0 Å². The molecule has 1 aliphatic carbocycles. The Morgan fingerprint density at radius 3 is 2.46 bits per heavy atom. The van der Waals surface area contributed by atoms with Gasteiger partial charge in [0.25, 0.3) is 0 Å². The van der Waals surface area contributed by atoms with Crippen LogP contribution in [0.25, 0.3) is 0 Å². The number of hydrogen-bond donors (Lipinski definition) is 2. The lowest BCUT2D eigenvalue weighted by Gasteiger charge is -2.19. The van der Waals surface area contributed by atoms with Gasteiger partial charge in [0.1, 0.15) is 11.0 Å². The van der Waals surface area contributed by atoms with Gasteiger partial charge in [-0.3, -0.25) is 14.6 Å². The predicted octanol–water partition coefficient (Wildman–Crippen LogP) is 1.000. The molecule has 0 bridgehead atoms. The standard InChI is InChI=1S/C19H21N3O5S/c1-27-15-6-8-16(9-7-15)28(25,26)17(13-3-2-10-20-11-13)12-21-18(23)19(24)22-14-4-5-14/h2-3,6-11,14,17H,4-5,12H2,1H3,(H,21,23)(H,22,24)/t17-/m0/s1. The molecule has 28 heavy (non-hydrogen) atoms. The second-order valence-electron chi connectivity index (χ2n) is 6.45. The van der Waals surface area contributed by atoms with E-state index < -0.39 is 26.9 Å². The van der Waals surface area contributed by atoms with Crippen molar-refractivity contribution in [1.82, 2.24) is 15.6 Å². The summed E-state index contributed by atoms with van der Waals surface area (Å²) in [6.07, 6.45) is 4.66. The van der Waals surface area contributed by atoms with E-state index in [-0.39, 0.29) is 17.5 Å². The van der Waals surface area contributed by atoms with Crippen LogP contribution in [0.2, 0.25) is 0 Å². The summed E-state index contributed by atoms with van der Waals surface area (Å²) in [7, 11) is -2.36. The summed E-state index contributed by atoms with van der Waals surface area (Å²) in [6, 6.07) is 9.26. The maximum Gasteiger partial charge on any atom is 0.309 e. The van der Waals surface area contributed by atoms with Gasteiger partial charge < -0.3 is 15.4 Å². The van der Waals surface area contributed by atoms with E-state index in [2.05, 4.69) is 15.6 Å². The Balaban J connectivity index is 1.81. The fraction of sp³-hybridized carbons (Fsp3) is 0.316. The first kappa shape index (κ1) is 19.8. The Hall–Kier alpha value is -2.94. The van der Waals surface area contributed by atoms with Gasteiger partial charge >= 0.3 is 11.8 Å². The fourth-order valence-electron chi connectivity index (χ4n) is 2.65. The first-order valence-corrected chi connectivity index (χ1v) is 10.3. The maximum atomic E-state index is 13.2. The van der Waals surface area contributed by atoms with E-state index in [1.165, 1.54) is 31.6 Å². The first-order valence-electron chi connectivity index (χ1n) is 8.78. The molecular weight excluding hydrogens is 382 g/mol. The molecule has 3 rings (SSSR count). The van der Waals surface area contributed by atoms with E-state index in [4.69, 9.17) is 4.74 Å². The third-order valence-electron chi connectivity index (χ3n) is 4.39. The minimum atomic E-state index is -3.85. The highest BCUT2D eigenvalue weighted by Gasteiger charge is 2.31. The third-order valence-corrected chi connectivity index (χ3v) is 6.50. The zero-order valence-corrected chi connectivity index (χ0v) is 16.1. The van der Waals surface area contributed by atoms with Crippen LogP contribution in [0, 0.1) is 0 Å². The number of rotatable bonds is 7. The predicted molar refractivity (Wildman–Crippen MR) is 101 cm³/mol.